The summed E-state index contributed by atoms with van der Waals surface area (Å²) in [7, 11) is 0. The number of fused-ring (bicyclic) bond motifs is 1. The quantitative estimate of drug-likeness (QED) is 0.599. The third kappa shape index (κ3) is 3.23. The van der Waals surface area contributed by atoms with Crippen LogP contribution in [0.25, 0.3) is 16.9 Å². The molecular weight excluding hydrogens is 367 g/mol. The van der Waals surface area contributed by atoms with Gasteiger partial charge in [0.05, 0.1) is 18.6 Å². The van der Waals surface area contributed by atoms with E-state index in [-0.39, 0.29) is 30.2 Å². The Morgan fingerprint density at radius 3 is 2.61 bits per heavy atom. The summed E-state index contributed by atoms with van der Waals surface area (Å²) in [5.74, 6) is -0.660. The van der Waals surface area contributed by atoms with Crippen LogP contribution in [0.3, 0.4) is 0 Å². The molecule has 0 amide bonds. The number of hydrogen-bond donors (Lipinski definition) is 0. The van der Waals surface area contributed by atoms with Crippen molar-refractivity contribution in [1.29, 1.82) is 0 Å². The Morgan fingerprint density at radius 2 is 1.96 bits per heavy atom. The van der Waals surface area contributed by atoms with Gasteiger partial charge in [-0.15, -0.1) is 0 Å². The van der Waals surface area contributed by atoms with Gasteiger partial charge in [0.1, 0.15) is 12.4 Å². The van der Waals surface area contributed by atoms with Crippen molar-refractivity contribution < 1.29 is 13.9 Å². The van der Waals surface area contributed by atoms with Gasteiger partial charge in [-0.2, -0.15) is 0 Å². The van der Waals surface area contributed by atoms with Gasteiger partial charge >= 0.3 is 11.7 Å². The Labute approximate surface area is 158 Å². The van der Waals surface area contributed by atoms with Gasteiger partial charge in [0, 0.05) is 6.54 Å². The summed E-state index contributed by atoms with van der Waals surface area (Å²) >= 11 is 0. The second kappa shape index (κ2) is 7.06. The van der Waals surface area contributed by atoms with Crippen LogP contribution in [-0.4, -0.2) is 31.3 Å². The van der Waals surface area contributed by atoms with Crippen molar-refractivity contribution in [2.75, 3.05) is 6.61 Å². The smallest absolute Gasteiger partial charge is 0.337 e. The van der Waals surface area contributed by atoms with Gasteiger partial charge in [0.2, 0.25) is 0 Å². The Hall–Kier alpha value is -3.23. The highest BCUT2D eigenvalue weighted by atomic mass is 19.1. The Morgan fingerprint density at radius 1 is 1.25 bits per heavy atom. The first kappa shape index (κ1) is 18.1. The molecule has 0 radical (unpaired) electrons. The van der Waals surface area contributed by atoms with Crippen molar-refractivity contribution in [2.45, 2.75) is 32.9 Å². The van der Waals surface area contributed by atoms with E-state index in [4.69, 9.17) is 4.74 Å². The number of aromatic nitrogens is 4. The lowest BCUT2D eigenvalue weighted by atomic mass is 10.3. The van der Waals surface area contributed by atoms with Gasteiger partial charge in [0.15, 0.2) is 11.2 Å². The fourth-order valence-electron chi connectivity index (χ4n) is 3.19. The maximum absolute atomic E-state index is 13.3. The first-order chi connectivity index (χ1) is 13.5. The molecule has 1 aliphatic carbocycles. The summed E-state index contributed by atoms with van der Waals surface area (Å²) in [4.78, 5) is 42.2. The van der Waals surface area contributed by atoms with Crippen LogP contribution in [-0.2, 0) is 22.6 Å². The molecule has 0 spiro atoms. The van der Waals surface area contributed by atoms with Crippen LogP contribution in [0.2, 0.25) is 0 Å². The molecule has 0 bridgehead atoms. The number of imidazole rings is 1. The monoisotopic (exact) mass is 386 g/mol. The predicted octanol–water partition coefficient (Wildman–Crippen LogP) is 1.46. The number of nitrogens with zero attached hydrogens (tertiary/aromatic N) is 4. The molecule has 9 heteroatoms. The minimum Gasteiger partial charge on any atom is -0.465 e. The lowest BCUT2D eigenvalue weighted by Gasteiger charge is -2.12. The molecule has 8 nitrogen and oxygen atoms in total. The third-order valence-electron chi connectivity index (χ3n) is 4.73. The third-order valence-corrected chi connectivity index (χ3v) is 4.73. The summed E-state index contributed by atoms with van der Waals surface area (Å²) in [6.07, 6.45) is 3.26. The first-order valence-corrected chi connectivity index (χ1v) is 9.12. The van der Waals surface area contributed by atoms with Gasteiger partial charge in [-0.25, -0.2) is 18.7 Å². The van der Waals surface area contributed by atoms with Crippen LogP contribution in [0, 0.1) is 11.7 Å². The van der Waals surface area contributed by atoms with Crippen molar-refractivity contribution in [2.24, 2.45) is 5.92 Å². The predicted molar refractivity (Wildman–Crippen MR) is 98.9 cm³/mol. The molecule has 1 aliphatic rings. The van der Waals surface area contributed by atoms with E-state index < -0.39 is 23.0 Å². The number of carbonyl (C=O) groups excluding carboxylic acids is 1. The van der Waals surface area contributed by atoms with Gasteiger partial charge in [-0.3, -0.25) is 14.2 Å². The highest BCUT2D eigenvalue weighted by Gasteiger charge is 2.26. The van der Waals surface area contributed by atoms with Crippen LogP contribution >= 0.6 is 0 Å². The fourth-order valence-corrected chi connectivity index (χ4v) is 3.19. The van der Waals surface area contributed by atoms with Gasteiger partial charge in [-0.1, -0.05) is 0 Å². The van der Waals surface area contributed by atoms with Gasteiger partial charge in [-0.05, 0) is 49.9 Å². The van der Waals surface area contributed by atoms with Crippen molar-refractivity contribution in [1.82, 2.24) is 18.7 Å². The Kier molecular flexibility index (Phi) is 4.58. The zero-order valence-electron chi connectivity index (χ0n) is 15.3. The van der Waals surface area contributed by atoms with Gasteiger partial charge < -0.3 is 9.30 Å². The normalized spacial score (nSPS) is 13.8. The lowest BCUT2D eigenvalue weighted by Crippen LogP contribution is -2.40. The van der Waals surface area contributed by atoms with E-state index in [0.717, 1.165) is 12.8 Å². The minimum atomic E-state index is -0.530. The van der Waals surface area contributed by atoms with Crippen molar-refractivity contribution in [3.05, 3.63) is 57.2 Å². The SMILES string of the molecule is CCOC(=O)Cn1cnc2c1c(=O)n(CC1CC1)c(=O)n2-c1ccc(F)cc1. The van der Waals surface area contributed by atoms with E-state index in [1.165, 1.54) is 44.3 Å². The summed E-state index contributed by atoms with van der Waals surface area (Å²) in [6.45, 7) is 2.03. The number of hydrogen-bond acceptors (Lipinski definition) is 5. The van der Waals surface area contributed by atoms with Crippen LogP contribution < -0.4 is 11.2 Å². The second-order valence-electron chi connectivity index (χ2n) is 6.80. The number of benzene rings is 1. The molecule has 2 heterocycles. The summed E-state index contributed by atoms with van der Waals surface area (Å²) in [5.41, 5.74) is -0.373. The molecule has 2 aromatic heterocycles. The minimum absolute atomic E-state index is 0.123. The lowest BCUT2D eigenvalue weighted by molar-refractivity contribution is -0.143. The number of esters is 1. The fraction of sp³-hybridized carbons (Fsp3) is 0.368. The molecule has 4 rings (SSSR count). The zero-order chi connectivity index (χ0) is 19.8. The molecule has 0 saturated heterocycles. The maximum Gasteiger partial charge on any atom is 0.337 e. The van der Waals surface area contributed by atoms with Crippen LogP contribution in [0.15, 0.2) is 40.2 Å². The van der Waals surface area contributed by atoms with Gasteiger partial charge in [0.25, 0.3) is 5.56 Å². The molecule has 1 aromatic carbocycles. The maximum atomic E-state index is 13.3. The highest BCUT2D eigenvalue weighted by molar-refractivity contribution is 5.76. The average Bonchev–Trinajstić information content (AvgIpc) is 3.40. The molecule has 0 aliphatic heterocycles. The molecule has 28 heavy (non-hydrogen) atoms. The summed E-state index contributed by atoms with van der Waals surface area (Å²) in [6, 6.07) is 5.37. The molecule has 1 saturated carbocycles. The van der Waals surface area contributed by atoms with Crippen LogP contribution in [0.4, 0.5) is 4.39 Å². The summed E-state index contributed by atoms with van der Waals surface area (Å²) in [5, 5.41) is 0. The first-order valence-electron chi connectivity index (χ1n) is 9.12. The van der Waals surface area contributed by atoms with Crippen molar-refractivity contribution >= 4 is 17.1 Å². The molecule has 0 N–H and O–H groups in total. The number of rotatable bonds is 6. The van der Waals surface area contributed by atoms with E-state index in [1.54, 1.807) is 6.92 Å². The molecule has 146 valence electrons. The van der Waals surface area contributed by atoms with E-state index >= 15 is 0 Å². The van der Waals surface area contributed by atoms with E-state index in [9.17, 15) is 18.8 Å². The second-order valence-corrected chi connectivity index (χ2v) is 6.80. The van der Waals surface area contributed by atoms with E-state index in [0.29, 0.717) is 12.2 Å². The largest absolute Gasteiger partial charge is 0.465 e. The molecule has 3 aromatic rings. The van der Waals surface area contributed by atoms with Crippen molar-refractivity contribution in [3.8, 4) is 5.69 Å². The molecule has 0 atom stereocenters. The Balaban J connectivity index is 1.95. The Bertz CT molecular complexity index is 1160. The number of carbonyl (C=O) groups is 1. The highest BCUT2D eigenvalue weighted by Crippen LogP contribution is 2.29. The van der Waals surface area contributed by atoms with E-state index in [2.05, 4.69) is 4.98 Å². The number of ether oxygens (including phenoxy) is 1. The molecule has 0 unspecified atom stereocenters. The zero-order valence-corrected chi connectivity index (χ0v) is 15.3. The topological polar surface area (TPSA) is 88.1 Å². The molecule has 1 fully saturated rings. The molecular formula is C19H19FN4O4. The number of halogens is 1. The average molecular weight is 386 g/mol. The summed E-state index contributed by atoms with van der Waals surface area (Å²) < 4.78 is 22.1. The standard InChI is InChI=1S/C19H19FN4O4/c1-2-28-15(25)10-22-11-21-17-16(22)18(26)23(9-12-3-4-12)19(27)24(17)14-7-5-13(20)6-8-14/h5-8,11-12H,2-4,9-10H2,1H3. The van der Waals surface area contributed by atoms with E-state index in [1.807, 2.05) is 0 Å². The van der Waals surface area contributed by atoms with Crippen molar-refractivity contribution in [3.63, 3.8) is 0 Å². The van der Waals surface area contributed by atoms with Crippen LogP contribution in [0.1, 0.15) is 19.8 Å². The van der Waals surface area contributed by atoms with Crippen LogP contribution in [0.5, 0.6) is 0 Å².